The molecule has 3 heterocycles. The number of carbonyl (C=O) groups excluding carboxylic acids is 3. The van der Waals surface area contributed by atoms with E-state index in [1.54, 1.807) is 0 Å². The van der Waals surface area contributed by atoms with Gasteiger partial charge in [0.05, 0.1) is 12.1 Å². The standard InChI is InChI=1S/C16H26N4O4/c17-14(21)4-7-19-5-1-11(2-6-19)16(23)20-8-3-13-12(9-20)18-15(22)10-24-13/h11-13H,1-10H2,(H2,17,21)(H,18,22)/t12-,13+/m0/s1. The Balaban J connectivity index is 1.47. The van der Waals surface area contributed by atoms with Crippen LogP contribution >= 0.6 is 0 Å². The molecule has 8 heteroatoms. The minimum absolute atomic E-state index is 0.0300. The summed E-state index contributed by atoms with van der Waals surface area (Å²) in [6.45, 7) is 3.67. The molecule has 0 aromatic carbocycles. The average Bonchev–Trinajstić information content (AvgIpc) is 2.59. The summed E-state index contributed by atoms with van der Waals surface area (Å²) < 4.78 is 5.53. The highest BCUT2D eigenvalue weighted by molar-refractivity contribution is 5.80. The van der Waals surface area contributed by atoms with Gasteiger partial charge in [0.1, 0.15) is 6.61 Å². The molecule has 24 heavy (non-hydrogen) atoms. The van der Waals surface area contributed by atoms with Gasteiger partial charge in [0.25, 0.3) is 0 Å². The van der Waals surface area contributed by atoms with Gasteiger partial charge in [-0.1, -0.05) is 0 Å². The van der Waals surface area contributed by atoms with E-state index in [-0.39, 0.29) is 42.4 Å². The molecule has 134 valence electrons. The van der Waals surface area contributed by atoms with Crippen molar-refractivity contribution in [3.05, 3.63) is 0 Å². The highest BCUT2D eigenvalue weighted by Gasteiger charge is 2.38. The van der Waals surface area contributed by atoms with Crippen LogP contribution in [0.2, 0.25) is 0 Å². The molecule has 0 aromatic rings. The van der Waals surface area contributed by atoms with Crippen LogP contribution in [0.3, 0.4) is 0 Å². The van der Waals surface area contributed by atoms with E-state index in [1.165, 1.54) is 0 Å². The molecule has 2 atom stereocenters. The van der Waals surface area contributed by atoms with Crippen molar-refractivity contribution < 1.29 is 19.1 Å². The second-order valence-corrected chi connectivity index (χ2v) is 6.93. The minimum Gasteiger partial charge on any atom is -0.370 e. The quantitative estimate of drug-likeness (QED) is 0.662. The van der Waals surface area contributed by atoms with Crippen LogP contribution in [0.5, 0.6) is 0 Å². The van der Waals surface area contributed by atoms with Crippen molar-refractivity contribution in [3.8, 4) is 0 Å². The molecule has 0 saturated carbocycles. The number of primary amides is 1. The van der Waals surface area contributed by atoms with Crippen LogP contribution in [0.1, 0.15) is 25.7 Å². The first kappa shape index (κ1) is 17.2. The van der Waals surface area contributed by atoms with Crippen LogP contribution in [0.25, 0.3) is 0 Å². The topological polar surface area (TPSA) is 105 Å². The van der Waals surface area contributed by atoms with E-state index in [0.717, 1.165) is 32.4 Å². The zero-order chi connectivity index (χ0) is 17.1. The molecule has 3 saturated heterocycles. The molecule has 3 rings (SSSR count). The lowest BCUT2D eigenvalue weighted by Crippen LogP contribution is -2.61. The third-order valence-electron chi connectivity index (χ3n) is 5.25. The Labute approximate surface area is 141 Å². The van der Waals surface area contributed by atoms with E-state index in [2.05, 4.69) is 10.2 Å². The van der Waals surface area contributed by atoms with Gasteiger partial charge in [-0.05, 0) is 32.4 Å². The Morgan fingerprint density at radius 2 is 1.96 bits per heavy atom. The Bertz CT molecular complexity index is 504. The third kappa shape index (κ3) is 4.05. The Hall–Kier alpha value is -1.67. The number of hydrogen-bond donors (Lipinski definition) is 2. The predicted octanol–water partition coefficient (Wildman–Crippen LogP) is -1.31. The largest absolute Gasteiger partial charge is 0.370 e. The molecule has 3 N–H and O–H groups in total. The van der Waals surface area contributed by atoms with E-state index in [4.69, 9.17) is 10.5 Å². The van der Waals surface area contributed by atoms with Gasteiger partial charge in [-0.3, -0.25) is 14.4 Å². The lowest BCUT2D eigenvalue weighted by molar-refractivity contribution is -0.149. The van der Waals surface area contributed by atoms with Gasteiger partial charge < -0.3 is 25.6 Å². The van der Waals surface area contributed by atoms with Crippen LogP contribution in [0, 0.1) is 5.92 Å². The maximum Gasteiger partial charge on any atom is 0.246 e. The molecule has 0 spiro atoms. The number of piperidine rings is 2. The van der Waals surface area contributed by atoms with Crippen molar-refractivity contribution in [3.63, 3.8) is 0 Å². The first-order valence-electron chi connectivity index (χ1n) is 8.73. The van der Waals surface area contributed by atoms with E-state index >= 15 is 0 Å². The fraction of sp³-hybridized carbons (Fsp3) is 0.812. The number of likely N-dealkylation sites (tertiary alicyclic amines) is 2. The number of nitrogens with one attached hydrogen (secondary N) is 1. The average molecular weight is 338 g/mol. The molecular formula is C16H26N4O4. The van der Waals surface area contributed by atoms with Gasteiger partial charge in [-0.2, -0.15) is 0 Å². The maximum atomic E-state index is 12.8. The van der Waals surface area contributed by atoms with Crippen molar-refractivity contribution in [2.24, 2.45) is 11.7 Å². The predicted molar refractivity (Wildman–Crippen MR) is 85.8 cm³/mol. The van der Waals surface area contributed by atoms with Crippen LogP contribution in [-0.2, 0) is 19.1 Å². The Morgan fingerprint density at radius 1 is 1.21 bits per heavy atom. The van der Waals surface area contributed by atoms with Gasteiger partial charge in [0.2, 0.25) is 17.7 Å². The molecule has 0 aromatic heterocycles. The summed E-state index contributed by atoms with van der Waals surface area (Å²) in [7, 11) is 0. The highest BCUT2D eigenvalue weighted by Crippen LogP contribution is 2.24. The summed E-state index contributed by atoms with van der Waals surface area (Å²) in [6, 6.07) is -0.0837. The van der Waals surface area contributed by atoms with E-state index < -0.39 is 0 Å². The van der Waals surface area contributed by atoms with Crippen molar-refractivity contribution in [2.45, 2.75) is 37.8 Å². The number of morpholine rings is 1. The maximum absolute atomic E-state index is 12.8. The number of rotatable bonds is 4. The van der Waals surface area contributed by atoms with Crippen molar-refractivity contribution in [2.75, 3.05) is 39.3 Å². The molecule has 3 amide bonds. The van der Waals surface area contributed by atoms with Crippen molar-refractivity contribution in [1.82, 2.24) is 15.1 Å². The zero-order valence-corrected chi connectivity index (χ0v) is 13.9. The van der Waals surface area contributed by atoms with Crippen LogP contribution < -0.4 is 11.1 Å². The second kappa shape index (κ2) is 7.48. The number of hydrogen-bond acceptors (Lipinski definition) is 5. The van der Waals surface area contributed by atoms with Gasteiger partial charge in [0.15, 0.2) is 0 Å². The van der Waals surface area contributed by atoms with Gasteiger partial charge in [0, 0.05) is 32.0 Å². The SMILES string of the molecule is NC(=O)CCN1CCC(C(=O)N2CC[C@H]3OCC(=O)N[C@H]3C2)CC1. The lowest BCUT2D eigenvalue weighted by atomic mass is 9.93. The lowest BCUT2D eigenvalue weighted by Gasteiger charge is -2.42. The van der Waals surface area contributed by atoms with Gasteiger partial charge in [-0.25, -0.2) is 0 Å². The highest BCUT2D eigenvalue weighted by atomic mass is 16.5. The second-order valence-electron chi connectivity index (χ2n) is 6.93. The van der Waals surface area contributed by atoms with E-state index in [9.17, 15) is 14.4 Å². The smallest absolute Gasteiger partial charge is 0.246 e. The van der Waals surface area contributed by atoms with Gasteiger partial charge in [-0.15, -0.1) is 0 Å². The molecule has 0 radical (unpaired) electrons. The normalized spacial score (nSPS) is 29.0. The number of nitrogens with zero attached hydrogens (tertiary/aromatic N) is 2. The molecule has 3 aliphatic rings. The fourth-order valence-corrected chi connectivity index (χ4v) is 3.83. The van der Waals surface area contributed by atoms with Gasteiger partial charge >= 0.3 is 0 Å². The molecule has 8 nitrogen and oxygen atoms in total. The molecule has 0 unspecified atom stereocenters. The number of carbonyl (C=O) groups is 3. The molecule has 0 bridgehead atoms. The summed E-state index contributed by atoms with van der Waals surface area (Å²) in [5.74, 6) is -0.171. The molecule has 3 aliphatic heterocycles. The van der Waals surface area contributed by atoms with E-state index in [1.807, 2.05) is 4.90 Å². The Morgan fingerprint density at radius 3 is 2.67 bits per heavy atom. The fourth-order valence-electron chi connectivity index (χ4n) is 3.83. The molecular weight excluding hydrogens is 312 g/mol. The summed E-state index contributed by atoms with van der Waals surface area (Å²) in [5, 5.41) is 2.93. The van der Waals surface area contributed by atoms with Crippen molar-refractivity contribution >= 4 is 17.7 Å². The zero-order valence-electron chi connectivity index (χ0n) is 13.9. The van der Waals surface area contributed by atoms with E-state index in [0.29, 0.717) is 26.1 Å². The van der Waals surface area contributed by atoms with Crippen LogP contribution in [-0.4, -0.2) is 79.0 Å². The number of nitrogens with two attached hydrogens (primary N) is 1. The summed E-state index contributed by atoms with van der Waals surface area (Å²) in [6.07, 6.45) is 2.79. The minimum atomic E-state index is -0.284. The summed E-state index contributed by atoms with van der Waals surface area (Å²) in [5.41, 5.74) is 5.18. The van der Waals surface area contributed by atoms with Crippen LogP contribution in [0.15, 0.2) is 0 Å². The third-order valence-corrected chi connectivity index (χ3v) is 5.25. The van der Waals surface area contributed by atoms with Crippen LogP contribution in [0.4, 0.5) is 0 Å². The monoisotopic (exact) mass is 338 g/mol. The first-order valence-corrected chi connectivity index (χ1v) is 8.73. The number of fused-ring (bicyclic) bond motifs is 1. The van der Waals surface area contributed by atoms with Crippen molar-refractivity contribution in [1.29, 1.82) is 0 Å². The molecule has 0 aliphatic carbocycles. The number of ether oxygens (including phenoxy) is 1. The Kier molecular flexibility index (Phi) is 5.35. The summed E-state index contributed by atoms with van der Waals surface area (Å²) >= 11 is 0. The molecule has 3 fully saturated rings. The summed E-state index contributed by atoms with van der Waals surface area (Å²) in [4.78, 5) is 39.1. The number of amides is 3. The first-order chi connectivity index (χ1) is 11.5.